The predicted octanol–water partition coefficient (Wildman–Crippen LogP) is 4.13. The fraction of sp³-hybridized carbons (Fsp3) is 0.316. The summed E-state index contributed by atoms with van der Waals surface area (Å²) < 4.78 is 5.51. The molecule has 4 rings (SSSR count). The molecule has 0 spiro atoms. The second kappa shape index (κ2) is 6.80. The summed E-state index contributed by atoms with van der Waals surface area (Å²) in [5, 5.41) is 6.05. The van der Waals surface area contributed by atoms with Gasteiger partial charge in [-0.2, -0.15) is 4.98 Å². The largest absolute Gasteiger partial charge is 0.339 e. The van der Waals surface area contributed by atoms with Crippen molar-refractivity contribution in [2.75, 3.05) is 13.1 Å². The van der Waals surface area contributed by atoms with Gasteiger partial charge in [0.2, 0.25) is 11.7 Å². The van der Waals surface area contributed by atoms with Crippen LogP contribution < -0.4 is 0 Å². The second-order valence-electron chi connectivity index (χ2n) is 6.39. The van der Waals surface area contributed by atoms with Crippen LogP contribution in [0.1, 0.15) is 39.9 Å². The summed E-state index contributed by atoms with van der Waals surface area (Å²) in [5.41, 5.74) is 2.14. The lowest BCUT2D eigenvalue weighted by Gasteiger charge is -2.30. The van der Waals surface area contributed by atoms with E-state index in [-0.39, 0.29) is 11.8 Å². The molecule has 1 aliphatic rings. The molecule has 0 aliphatic carbocycles. The van der Waals surface area contributed by atoms with E-state index < -0.39 is 0 Å². The number of carbonyl (C=O) groups is 1. The van der Waals surface area contributed by atoms with Crippen molar-refractivity contribution in [1.29, 1.82) is 0 Å². The Hall–Kier alpha value is -2.47. The highest BCUT2D eigenvalue weighted by atomic mass is 32.1. The molecule has 0 N–H and O–H groups in total. The number of aromatic nitrogens is 2. The smallest absolute Gasteiger partial charge is 0.263 e. The molecule has 1 saturated heterocycles. The maximum Gasteiger partial charge on any atom is 0.263 e. The number of nitrogens with zero attached hydrogens (tertiary/aromatic N) is 3. The predicted molar refractivity (Wildman–Crippen MR) is 96.7 cm³/mol. The molecule has 3 heterocycles. The number of hydrogen-bond donors (Lipinski definition) is 0. The van der Waals surface area contributed by atoms with Gasteiger partial charge in [-0.3, -0.25) is 4.79 Å². The third kappa shape index (κ3) is 3.35. The van der Waals surface area contributed by atoms with E-state index in [1.807, 2.05) is 53.6 Å². The fourth-order valence-corrected chi connectivity index (χ4v) is 3.83. The molecule has 1 atom stereocenters. The Morgan fingerprint density at radius 1 is 1.28 bits per heavy atom. The second-order valence-corrected chi connectivity index (χ2v) is 7.34. The molecule has 3 aromatic rings. The maximum atomic E-state index is 12.6. The molecule has 0 bridgehead atoms. The minimum absolute atomic E-state index is 0.0953. The van der Waals surface area contributed by atoms with Crippen molar-refractivity contribution in [3.8, 4) is 11.4 Å². The molecule has 1 unspecified atom stereocenters. The monoisotopic (exact) mass is 353 g/mol. The van der Waals surface area contributed by atoms with Gasteiger partial charge in [0.15, 0.2) is 0 Å². The van der Waals surface area contributed by atoms with Gasteiger partial charge in [0, 0.05) is 18.7 Å². The molecule has 2 aromatic heterocycles. The average Bonchev–Trinajstić information content (AvgIpc) is 3.34. The van der Waals surface area contributed by atoms with Crippen molar-refractivity contribution in [3.05, 3.63) is 58.1 Å². The van der Waals surface area contributed by atoms with Gasteiger partial charge in [0.05, 0.1) is 10.8 Å². The number of piperidine rings is 1. The Kier molecular flexibility index (Phi) is 4.36. The molecule has 0 saturated carbocycles. The van der Waals surface area contributed by atoms with Crippen LogP contribution in [0.25, 0.3) is 11.4 Å². The van der Waals surface area contributed by atoms with Gasteiger partial charge in [0.1, 0.15) is 0 Å². The third-order valence-electron chi connectivity index (χ3n) is 4.54. The standard InChI is InChI=1S/C19H19N3O2S/c1-13-6-8-14(9-7-13)17-20-18(24-21-17)15-4-2-10-22(12-15)19(23)16-5-3-11-25-16/h3,5-9,11,15H,2,4,10,12H2,1H3. The van der Waals surface area contributed by atoms with Gasteiger partial charge in [0.25, 0.3) is 5.91 Å². The van der Waals surface area contributed by atoms with Crippen LogP contribution in [0.5, 0.6) is 0 Å². The number of thiophene rings is 1. The molecule has 1 aliphatic heterocycles. The molecule has 6 heteroatoms. The van der Waals surface area contributed by atoms with Crippen molar-refractivity contribution in [2.24, 2.45) is 0 Å². The first-order valence-electron chi connectivity index (χ1n) is 8.44. The Labute approximate surface area is 150 Å². The lowest BCUT2D eigenvalue weighted by molar-refractivity contribution is 0.0700. The molecule has 1 amide bonds. The Bertz CT molecular complexity index is 855. The van der Waals surface area contributed by atoms with E-state index in [1.165, 1.54) is 16.9 Å². The van der Waals surface area contributed by atoms with Crippen LogP contribution in [0.3, 0.4) is 0 Å². The Morgan fingerprint density at radius 2 is 2.12 bits per heavy atom. The van der Waals surface area contributed by atoms with Crippen LogP contribution in [0.4, 0.5) is 0 Å². The highest BCUT2D eigenvalue weighted by Crippen LogP contribution is 2.29. The van der Waals surface area contributed by atoms with Gasteiger partial charge >= 0.3 is 0 Å². The van der Waals surface area contributed by atoms with Crippen LogP contribution in [0.2, 0.25) is 0 Å². The highest BCUT2D eigenvalue weighted by molar-refractivity contribution is 7.12. The van der Waals surface area contributed by atoms with E-state index in [4.69, 9.17) is 4.52 Å². The molecule has 1 aromatic carbocycles. The zero-order valence-electron chi connectivity index (χ0n) is 14.0. The molecule has 5 nitrogen and oxygen atoms in total. The van der Waals surface area contributed by atoms with Gasteiger partial charge < -0.3 is 9.42 Å². The summed E-state index contributed by atoms with van der Waals surface area (Å²) in [5.74, 6) is 1.43. The summed E-state index contributed by atoms with van der Waals surface area (Å²) in [4.78, 5) is 19.8. The minimum atomic E-state index is 0.0953. The van der Waals surface area contributed by atoms with E-state index in [2.05, 4.69) is 10.1 Å². The molecule has 25 heavy (non-hydrogen) atoms. The summed E-state index contributed by atoms with van der Waals surface area (Å²) in [6, 6.07) is 11.8. The SMILES string of the molecule is Cc1ccc(-c2noc(C3CCCN(C(=O)c4cccs4)C3)n2)cc1. The minimum Gasteiger partial charge on any atom is -0.339 e. The highest BCUT2D eigenvalue weighted by Gasteiger charge is 2.29. The number of likely N-dealkylation sites (tertiary alicyclic amines) is 1. The summed E-state index contributed by atoms with van der Waals surface area (Å²) in [7, 11) is 0. The number of amides is 1. The Morgan fingerprint density at radius 3 is 2.88 bits per heavy atom. The zero-order valence-corrected chi connectivity index (χ0v) is 14.8. The molecule has 1 fully saturated rings. The van der Waals surface area contributed by atoms with Crippen molar-refractivity contribution in [2.45, 2.75) is 25.7 Å². The van der Waals surface area contributed by atoms with Crippen molar-refractivity contribution in [1.82, 2.24) is 15.0 Å². The first-order valence-corrected chi connectivity index (χ1v) is 9.32. The number of hydrogen-bond acceptors (Lipinski definition) is 5. The molecule has 0 radical (unpaired) electrons. The van der Waals surface area contributed by atoms with Gasteiger partial charge in [-0.05, 0) is 31.2 Å². The van der Waals surface area contributed by atoms with Crippen LogP contribution in [0.15, 0.2) is 46.3 Å². The van der Waals surface area contributed by atoms with Crippen molar-refractivity contribution >= 4 is 17.2 Å². The number of benzene rings is 1. The molecule has 128 valence electrons. The molecular weight excluding hydrogens is 334 g/mol. The van der Waals surface area contributed by atoms with E-state index >= 15 is 0 Å². The fourth-order valence-electron chi connectivity index (χ4n) is 3.14. The van der Waals surface area contributed by atoms with E-state index in [0.717, 1.165) is 29.8 Å². The quantitative estimate of drug-likeness (QED) is 0.710. The van der Waals surface area contributed by atoms with Crippen molar-refractivity contribution < 1.29 is 9.32 Å². The third-order valence-corrected chi connectivity index (χ3v) is 5.40. The van der Waals surface area contributed by atoms with E-state index in [9.17, 15) is 4.79 Å². The van der Waals surface area contributed by atoms with Crippen LogP contribution in [0, 0.1) is 6.92 Å². The first-order chi connectivity index (χ1) is 12.2. The summed E-state index contributed by atoms with van der Waals surface area (Å²) in [6.45, 7) is 3.46. The normalized spacial score (nSPS) is 17.6. The number of rotatable bonds is 3. The van der Waals surface area contributed by atoms with Crippen LogP contribution in [-0.4, -0.2) is 34.0 Å². The van der Waals surface area contributed by atoms with Crippen molar-refractivity contribution in [3.63, 3.8) is 0 Å². The number of aryl methyl sites for hydroxylation is 1. The average molecular weight is 353 g/mol. The topological polar surface area (TPSA) is 59.2 Å². The first kappa shape index (κ1) is 16.0. The van der Waals surface area contributed by atoms with Gasteiger partial charge in [-0.15, -0.1) is 11.3 Å². The summed E-state index contributed by atoms with van der Waals surface area (Å²) >= 11 is 1.48. The van der Waals surface area contributed by atoms with Gasteiger partial charge in [-0.25, -0.2) is 0 Å². The number of carbonyl (C=O) groups excluding carboxylic acids is 1. The van der Waals surface area contributed by atoms with Crippen LogP contribution in [-0.2, 0) is 0 Å². The van der Waals surface area contributed by atoms with E-state index in [1.54, 1.807) is 0 Å². The maximum absolute atomic E-state index is 12.6. The summed E-state index contributed by atoms with van der Waals surface area (Å²) in [6.07, 6.45) is 1.91. The van der Waals surface area contributed by atoms with Gasteiger partial charge in [-0.1, -0.05) is 41.1 Å². The van der Waals surface area contributed by atoms with E-state index in [0.29, 0.717) is 18.3 Å². The molecular formula is C19H19N3O2S. The zero-order chi connectivity index (χ0) is 17.2. The van der Waals surface area contributed by atoms with Crippen LogP contribution >= 0.6 is 11.3 Å². The lowest BCUT2D eigenvalue weighted by Crippen LogP contribution is -2.38. The Balaban J connectivity index is 1.50. The lowest BCUT2D eigenvalue weighted by atomic mass is 9.98.